The maximum atomic E-state index is 13.0. The smallest absolute Gasteiger partial charge is 0.320 e. The summed E-state index contributed by atoms with van der Waals surface area (Å²) in [5.41, 5.74) is 1.48. The van der Waals surface area contributed by atoms with Gasteiger partial charge in [0.15, 0.2) is 4.77 Å². The van der Waals surface area contributed by atoms with Crippen LogP contribution in [-0.4, -0.2) is 71.4 Å². The second-order valence-corrected chi connectivity index (χ2v) is 10.8. The van der Waals surface area contributed by atoms with E-state index in [1.165, 1.54) is 5.56 Å². The predicted octanol–water partition coefficient (Wildman–Crippen LogP) is 2.17. The topological polar surface area (TPSA) is 71.1 Å². The first-order valence-corrected chi connectivity index (χ1v) is 12.0. The van der Waals surface area contributed by atoms with Gasteiger partial charge in [0.1, 0.15) is 12.4 Å². The molecule has 1 aromatic carbocycles. The van der Waals surface area contributed by atoms with Gasteiger partial charge in [0, 0.05) is 31.6 Å². The number of para-hydroxylation sites is 1. The van der Waals surface area contributed by atoms with Gasteiger partial charge >= 0.3 is 6.03 Å². The number of nitrogens with zero attached hydrogens (tertiary/aromatic N) is 2. The summed E-state index contributed by atoms with van der Waals surface area (Å²) in [5, 5.41) is 2.97. The molecule has 0 aromatic heterocycles. The summed E-state index contributed by atoms with van der Waals surface area (Å²) in [5.74, 6) is 1.38. The first kappa shape index (κ1) is 21.3. The number of benzene rings is 1. The lowest BCUT2D eigenvalue weighted by atomic mass is 9.56. The van der Waals surface area contributed by atoms with Gasteiger partial charge in [-0.25, -0.2) is 4.79 Å². The number of hydrogen-bond acceptors (Lipinski definition) is 6. The van der Waals surface area contributed by atoms with Gasteiger partial charge in [0.2, 0.25) is 5.91 Å². The fourth-order valence-corrected chi connectivity index (χ4v) is 5.98. The SMILES string of the molecule is O=C1CO[C@H]2CCN(C(=O)N3CC4(CC(Cc5ccccc5OC(S)S)C4)C3)C[C@H]2N1. The fraction of sp³-hybridized carbons (Fsp3) is 0.636. The van der Waals surface area contributed by atoms with Crippen LogP contribution in [0.3, 0.4) is 0 Å². The average molecular weight is 464 g/mol. The zero-order chi connectivity index (χ0) is 21.6. The standard InChI is InChI=1S/C22H29N3O4S2/c26-19-11-28-18-5-6-24(10-16(18)23-19)20(27)25-12-22(13-25)8-14(9-22)7-15-3-1-2-4-17(15)29-21(30)31/h1-4,14,16,18,21,30-31H,5-13H2,(H,23,26)/t16-,18+/m1/s1. The molecule has 3 amide bonds. The number of ether oxygens (including phenoxy) is 2. The first-order chi connectivity index (χ1) is 14.9. The Hall–Kier alpha value is -1.58. The second-order valence-electron chi connectivity index (χ2n) is 9.43. The zero-order valence-corrected chi connectivity index (χ0v) is 19.2. The molecule has 2 atom stereocenters. The molecule has 4 fully saturated rings. The number of likely N-dealkylation sites (tertiary alicyclic amines) is 2. The lowest BCUT2D eigenvalue weighted by Crippen LogP contribution is -2.68. The summed E-state index contributed by atoms with van der Waals surface area (Å²) in [4.78, 5) is 28.4. The molecular formula is C22H29N3O4S2. The Morgan fingerprint density at radius 2 is 2.03 bits per heavy atom. The molecule has 0 radical (unpaired) electrons. The van der Waals surface area contributed by atoms with Crippen molar-refractivity contribution in [3.8, 4) is 5.75 Å². The van der Waals surface area contributed by atoms with Crippen molar-refractivity contribution >= 4 is 37.2 Å². The Morgan fingerprint density at radius 3 is 2.81 bits per heavy atom. The molecule has 5 rings (SSSR count). The van der Waals surface area contributed by atoms with Crippen molar-refractivity contribution in [2.45, 2.75) is 42.6 Å². The van der Waals surface area contributed by atoms with Crippen molar-refractivity contribution in [3.63, 3.8) is 0 Å². The Labute approximate surface area is 193 Å². The van der Waals surface area contributed by atoms with Gasteiger partial charge in [-0.3, -0.25) is 4.79 Å². The predicted molar refractivity (Wildman–Crippen MR) is 123 cm³/mol. The number of carbonyl (C=O) groups is 2. The summed E-state index contributed by atoms with van der Waals surface area (Å²) in [7, 11) is 0. The van der Waals surface area contributed by atoms with Gasteiger partial charge in [-0.15, -0.1) is 25.3 Å². The summed E-state index contributed by atoms with van der Waals surface area (Å²) in [6.07, 6.45) is 4.08. The van der Waals surface area contributed by atoms with Crippen molar-refractivity contribution in [3.05, 3.63) is 29.8 Å². The third-order valence-electron chi connectivity index (χ3n) is 7.07. The van der Waals surface area contributed by atoms with Crippen LogP contribution in [-0.2, 0) is 16.0 Å². The molecule has 31 heavy (non-hydrogen) atoms. The van der Waals surface area contributed by atoms with Gasteiger partial charge < -0.3 is 24.6 Å². The van der Waals surface area contributed by atoms with Gasteiger partial charge in [-0.05, 0) is 43.2 Å². The number of urea groups is 1. The van der Waals surface area contributed by atoms with E-state index in [2.05, 4.69) is 36.6 Å². The van der Waals surface area contributed by atoms with Crippen LogP contribution in [0.4, 0.5) is 4.79 Å². The van der Waals surface area contributed by atoms with Gasteiger partial charge in [-0.2, -0.15) is 0 Å². The Morgan fingerprint density at radius 1 is 1.26 bits per heavy atom. The quantitative estimate of drug-likeness (QED) is 0.473. The van der Waals surface area contributed by atoms with Crippen molar-refractivity contribution in [1.82, 2.24) is 15.1 Å². The Kier molecular flexibility index (Phi) is 5.77. The number of rotatable bonds is 4. The summed E-state index contributed by atoms with van der Waals surface area (Å²) >= 11 is 8.42. The van der Waals surface area contributed by atoms with Crippen LogP contribution in [0.2, 0.25) is 0 Å². The molecule has 1 aromatic rings. The fourth-order valence-electron chi connectivity index (χ4n) is 5.75. The first-order valence-electron chi connectivity index (χ1n) is 11.0. The lowest BCUT2D eigenvalue weighted by Gasteiger charge is -2.60. The number of hydrogen-bond donors (Lipinski definition) is 3. The van der Waals surface area contributed by atoms with Crippen LogP contribution in [0.15, 0.2) is 24.3 Å². The van der Waals surface area contributed by atoms with E-state index in [9.17, 15) is 9.59 Å². The van der Waals surface area contributed by atoms with Crippen molar-refractivity contribution in [1.29, 1.82) is 0 Å². The average Bonchev–Trinajstić information content (AvgIpc) is 2.68. The van der Waals surface area contributed by atoms with E-state index in [1.807, 2.05) is 28.0 Å². The zero-order valence-electron chi connectivity index (χ0n) is 17.4. The van der Waals surface area contributed by atoms with E-state index < -0.39 is 4.77 Å². The van der Waals surface area contributed by atoms with Crippen LogP contribution in [0.25, 0.3) is 0 Å². The number of amides is 3. The Balaban J connectivity index is 1.10. The number of piperidine rings is 1. The summed E-state index contributed by atoms with van der Waals surface area (Å²) in [6.45, 7) is 3.03. The summed E-state index contributed by atoms with van der Waals surface area (Å²) in [6, 6.07) is 8.09. The van der Waals surface area contributed by atoms with Gasteiger partial charge in [-0.1, -0.05) is 18.2 Å². The largest absolute Gasteiger partial charge is 0.470 e. The number of thiol groups is 2. The lowest BCUT2D eigenvalue weighted by molar-refractivity contribution is -0.140. The van der Waals surface area contributed by atoms with Crippen molar-refractivity contribution < 1.29 is 19.1 Å². The van der Waals surface area contributed by atoms with Gasteiger partial charge in [0.25, 0.3) is 0 Å². The van der Waals surface area contributed by atoms with E-state index in [4.69, 9.17) is 9.47 Å². The molecule has 3 saturated heterocycles. The molecule has 0 unspecified atom stereocenters. The number of morpholine rings is 1. The van der Waals surface area contributed by atoms with Crippen molar-refractivity contribution in [2.24, 2.45) is 11.3 Å². The van der Waals surface area contributed by atoms with Crippen LogP contribution in [0.1, 0.15) is 24.8 Å². The highest BCUT2D eigenvalue weighted by atomic mass is 32.2. The third-order valence-corrected chi connectivity index (χ3v) is 7.29. The van der Waals surface area contributed by atoms with E-state index in [1.54, 1.807) is 0 Å². The number of carbonyl (C=O) groups excluding carboxylic acids is 2. The molecule has 4 aliphatic rings. The minimum absolute atomic E-state index is 0.0316. The van der Waals surface area contributed by atoms with Crippen LogP contribution >= 0.6 is 25.3 Å². The molecule has 1 aliphatic carbocycles. The number of fused-ring (bicyclic) bond motifs is 1. The van der Waals surface area contributed by atoms with Crippen LogP contribution < -0.4 is 10.1 Å². The van der Waals surface area contributed by atoms with Crippen LogP contribution in [0, 0.1) is 11.3 Å². The Bertz CT molecular complexity index is 853. The molecule has 0 bridgehead atoms. The molecule has 7 nitrogen and oxygen atoms in total. The maximum Gasteiger partial charge on any atom is 0.320 e. The molecule has 168 valence electrons. The minimum Gasteiger partial charge on any atom is -0.470 e. The number of nitrogens with one attached hydrogen (secondary N) is 1. The molecule has 1 N–H and O–H groups in total. The highest BCUT2D eigenvalue weighted by molar-refractivity contribution is 7.98. The normalized spacial score (nSPS) is 27.4. The van der Waals surface area contributed by atoms with Crippen molar-refractivity contribution in [2.75, 3.05) is 32.8 Å². The monoisotopic (exact) mass is 463 g/mol. The molecule has 1 spiro atoms. The molecule has 3 heterocycles. The van der Waals surface area contributed by atoms with E-state index >= 15 is 0 Å². The molecule has 9 heteroatoms. The van der Waals surface area contributed by atoms with Gasteiger partial charge in [0.05, 0.1) is 12.1 Å². The van der Waals surface area contributed by atoms with E-state index in [-0.39, 0.29) is 36.1 Å². The third kappa shape index (κ3) is 4.36. The summed E-state index contributed by atoms with van der Waals surface area (Å²) < 4.78 is 10.9. The van der Waals surface area contributed by atoms with E-state index in [0.717, 1.165) is 44.5 Å². The minimum atomic E-state index is -0.432. The van der Waals surface area contributed by atoms with E-state index in [0.29, 0.717) is 19.0 Å². The molecule has 3 aliphatic heterocycles. The molecule has 1 saturated carbocycles. The van der Waals surface area contributed by atoms with Crippen LogP contribution in [0.5, 0.6) is 5.75 Å². The maximum absolute atomic E-state index is 13.0. The highest BCUT2D eigenvalue weighted by Gasteiger charge is 2.54. The highest BCUT2D eigenvalue weighted by Crippen LogP contribution is 2.53. The molecular weight excluding hydrogens is 434 g/mol. The second kappa shape index (κ2) is 8.41.